The summed E-state index contributed by atoms with van der Waals surface area (Å²) in [6.45, 7) is 0. The molecule has 16 rings (SSSR count). The van der Waals surface area contributed by atoms with Gasteiger partial charge in [-0.15, -0.1) is 0 Å². The van der Waals surface area contributed by atoms with Crippen LogP contribution in [0.15, 0.2) is 291 Å². The average molecular weight is 1030 g/mol. The first kappa shape index (κ1) is 46.2. The fraction of sp³-hybridized carbons (Fsp3) is 0. The molecular formula is C75H48N6. The number of hydrogen-bond acceptors (Lipinski definition) is 3. The minimum absolute atomic E-state index is 0.533. The molecule has 0 aliphatic carbocycles. The van der Waals surface area contributed by atoms with Crippen LogP contribution in [0, 0.1) is 0 Å². The lowest BCUT2D eigenvalue weighted by atomic mass is 9.95. The van der Waals surface area contributed by atoms with E-state index >= 15 is 0 Å². The summed E-state index contributed by atoms with van der Waals surface area (Å²) in [7, 11) is 0. The Morgan fingerprint density at radius 3 is 0.926 bits per heavy atom. The highest BCUT2D eigenvalue weighted by atomic mass is 15.2. The molecule has 81 heavy (non-hydrogen) atoms. The maximum atomic E-state index is 5.58. The van der Waals surface area contributed by atoms with E-state index in [2.05, 4.69) is 305 Å². The van der Waals surface area contributed by atoms with E-state index in [9.17, 15) is 0 Å². The van der Waals surface area contributed by atoms with E-state index in [-0.39, 0.29) is 0 Å². The third kappa shape index (κ3) is 7.68. The predicted molar refractivity (Wildman–Crippen MR) is 335 cm³/mol. The van der Waals surface area contributed by atoms with Crippen LogP contribution >= 0.6 is 0 Å². The number of fused-ring (bicyclic) bond motifs is 9. The van der Waals surface area contributed by atoms with Gasteiger partial charge in [-0.2, -0.15) is 9.97 Å². The van der Waals surface area contributed by atoms with E-state index in [1.54, 1.807) is 0 Å². The van der Waals surface area contributed by atoms with Crippen molar-refractivity contribution in [3.63, 3.8) is 0 Å². The molecule has 378 valence electrons. The van der Waals surface area contributed by atoms with Crippen molar-refractivity contribution in [2.45, 2.75) is 0 Å². The van der Waals surface area contributed by atoms with Crippen molar-refractivity contribution in [2.24, 2.45) is 0 Å². The second-order valence-corrected chi connectivity index (χ2v) is 20.7. The highest BCUT2D eigenvalue weighted by Gasteiger charge is 2.23. The highest BCUT2D eigenvalue weighted by molar-refractivity contribution is 6.12. The molecule has 16 aromatic rings. The maximum absolute atomic E-state index is 5.58. The van der Waals surface area contributed by atoms with Crippen molar-refractivity contribution in [1.29, 1.82) is 0 Å². The fourth-order valence-corrected chi connectivity index (χ4v) is 12.4. The molecular weight excluding hydrogens is 985 g/mol. The Balaban J connectivity index is 0.949. The van der Waals surface area contributed by atoms with Gasteiger partial charge in [0.1, 0.15) is 0 Å². The SMILES string of the molecule is c1ccc(-c2cccc(-c3cccc(-c4ccc(-c5nc(-c6ccc(-c7ccccc7)c(-n7c8ccccc8c8ccccc87)c6)nc(-n6c7ccccc7c7ccccc76)n5)cc4-n4c5ccccc5c5ccccc54)c3)c2)cc1. The van der Waals surface area contributed by atoms with Crippen LogP contribution in [0.5, 0.6) is 0 Å². The highest BCUT2D eigenvalue weighted by Crippen LogP contribution is 2.42. The minimum Gasteiger partial charge on any atom is -0.309 e. The van der Waals surface area contributed by atoms with Gasteiger partial charge in [-0.3, -0.25) is 4.57 Å². The number of nitrogens with zero attached hydrogens (tertiary/aromatic N) is 6. The average Bonchev–Trinajstić information content (AvgIpc) is 4.41. The molecule has 4 aromatic heterocycles. The molecule has 0 fully saturated rings. The molecule has 0 saturated heterocycles. The van der Waals surface area contributed by atoms with Crippen LogP contribution in [0.3, 0.4) is 0 Å². The second kappa shape index (κ2) is 18.9. The van der Waals surface area contributed by atoms with Gasteiger partial charge >= 0.3 is 0 Å². The van der Waals surface area contributed by atoms with Gasteiger partial charge in [-0.1, -0.05) is 231 Å². The minimum atomic E-state index is 0.533. The van der Waals surface area contributed by atoms with Gasteiger partial charge in [-0.25, -0.2) is 4.98 Å². The first-order chi connectivity index (χ1) is 40.2. The van der Waals surface area contributed by atoms with E-state index in [0.29, 0.717) is 17.6 Å². The lowest BCUT2D eigenvalue weighted by molar-refractivity contribution is 0.953. The normalized spacial score (nSPS) is 11.7. The molecule has 4 heterocycles. The second-order valence-electron chi connectivity index (χ2n) is 20.7. The summed E-state index contributed by atoms with van der Waals surface area (Å²) < 4.78 is 7.02. The third-order valence-electron chi connectivity index (χ3n) is 16.1. The Morgan fingerprint density at radius 2 is 0.506 bits per heavy atom. The van der Waals surface area contributed by atoms with Crippen LogP contribution in [0.25, 0.3) is 150 Å². The summed E-state index contributed by atoms with van der Waals surface area (Å²) in [5.74, 6) is 1.65. The summed E-state index contributed by atoms with van der Waals surface area (Å²) in [6.07, 6.45) is 0. The first-order valence-electron chi connectivity index (χ1n) is 27.5. The van der Waals surface area contributed by atoms with E-state index in [1.807, 2.05) is 0 Å². The number of rotatable bonds is 9. The summed E-state index contributed by atoms with van der Waals surface area (Å²) >= 11 is 0. The summed E-state index contributed by atoms with van der Waals surface area (Å²) in [6, 6.07) is 104. The summed E-state index contributed by atoms with van der Waals surface area (Å²) in [5.41, 5.74) is 19.3. The van der Waals surface area contributed by atoms with E-state index in [4.69, 9.17) is 15.0 Å². The van der Waals surface area contributed by atoms with Gasteiger partial charge in [0.05, 0.1) is 44.5 Å². The number of benzene rings is 12. The van der Waals surface area contributed by atoms with Crippen molar-refractivity contribution in [3.8, 4) is 84.6 Å². The molecule has 0 spiro atoms. The Hall–Kier alpha value is -11.0. The molecule has 0 N–H and O–H groups in total. The quantitative estimate of drug-likeness (QED) is 0.145. The fourth-order valence-electron chi connectivity index (χ4n) is 12.4. The van der Waals surface area contributed by atoms with Gasteiger partial charge in [0.2, 0.25) is 5.95 Å². The molecule has 0 unspecified atom stereocenters. The van der Waals surface area contributed by atoms with Gasteiger partial charge in [0.25, 0.3) is 0 Å². The van der Waals surface area contributed by atoms with Crippen molar-refractivity contribution in [2.75, 3.05) is 0 Å². The van der Waals surface area contributed by atoms with Crippen molar-refractivity contribution >= 4 is 65.4 Å². The molecule has 0 saturated carbocycles. The first-order valence-corrected chi connectivity index (χ1v) is 27.5. The Morgan fingerprint density at radius 1 is 0.198 bits per heavy atom. The number of hydrogen-bond donors (Lipinski definition) is 0. The van der Waals surface area contributed by atoms with Crippen LogP contribution < -0.4 is 0 Å². The van der Waals surface area contributed by atoms with Crippen LogP contribution in [-0.4, -0.2) is 28.7 Å². The molecule has 0 aliphatic heterocycles. The molecule has 6 nitrogen and oxygen atoms in total. The lowest BCUT2D eigenvalue weighted by Crippen LogP contribution is -2.07. The van der Waals surface area contributed by atoms with Crippen molar-refractivity contribution < 1.29 is 0 Å². The van der Waals surface area contributed by atoms with Crippen LogP contribution in [0.2, 0.25) is 0 Å². The zero-order chi connectivity index (χ0) is 53.4. The van der Waals surface area contributed by atoms with Crippen LogP contribution in [0.4, 0.5) is 0 Å². The van der Waals surface area contributed by atoms with E-state index in [0.717, 1.165) is 99.8 Å². The molecule has 0 atom stereocenters. The smallest absolute Gasteiger partial charge is 0.238 e. The lowest BCUT2D eigenvalue weighted by Gasteiger charge is -2.18. The maximum Gasteiger partial charge on any atom is 0.238 e. The van der Waals surface area contributed by atoms with Gasteiger partial charge < -0.3 is 9.13 Å². The molecule has 12 aromatic carbocycles. The zero-order valence-corrected chi connectivity index (χ0v) is 43.9. The van der Waals surface area contributed by atoms with Gasteiger partial charge in [0.15, 0.2) is 11.6 Å². The Labute approximate surface area is 467 Å². The molecule has 6 heteroatoms. The molecule has 0 radical (unpaired) electrons. The molecule has 0 aliphatic rings. The van der Waals surface area contributed by atoms with Gasteiger partial charge in [0, 0.05) is 54.6 Å². The Bertz CT molecular complexity index is 4960. The number of para-hydroxylation sites is 6. The standard InChI is InChI=1S/C75H48N6/c1-3-21-49(22-4-1)51-25-19-26-52(45-51)53-27-20-28-54(46-53)58-44-42-56(48-72(58)80-67-37-15-9-31-61(67)62-32-10-16-38-68(62)80)74-76-73(77-75(78-74)81-69-39-17-11-33-63(69)64-34-12-18-40-70(64)81)55-41-43-57(50-23-5-2-6-24-50)71(47-55)79-65-35-13-7-29-59(65)60-30-8-14-36-66(60)79/h1-48H. The Kier molecular flexibility index (Phi) is 10.8. The van der Waals surface area contributed by atoms with Crippen molar-refractivity contribution in [3.05, 3.63) is 291 Å². The topological polar surface area (TPSA) is 53.5 Å². The molecule has 0 bridgehead atoms. The van der Waals surface area contributed by atoms with Crippen LogP contribution in [0.1, 0.15) is 0 Å². The summed E-state index contributed by atoms with van der Waals surface area (Å²) in [5, 5.41) is 7.02. The largest absolute Gasteiger partial charge is 0.309 e. The van der Waals surface area contributed by atoms with Crippen LogP contribution in [-0.2, 0) is 0 Å². The predicted octanol–water partition coefficient (Wildman–Crippen LogP) is 19.2. The summed E-state index contributed by atoms with van der Waals surface area (Å²) in [4.78, 5) is 16.7. The van der Waals surface area contributed by atoms with E-state index in [1.165, 1.54) is 32.7 Å². The third-order valence-corrected chi connectivity index (χ3v) is 16.1. The molecule has 0 amide bonds. The number of aromatic nitrogens is 6. The van der Waals surface area contributed by atoms with E-state index < -0.39 is 0 Å². The van der Waals surface area contributed by atoms with Gasteiger partial charge in [-0.05, 0) is 94.0 Å². The zero-order valence-electron chi connectivity index (χ0n) is 43.9. The van der Waals surface area contributed by atoms with Crippen molar-refractivity contribution in [1.82, 2.24) is 28.7 Å². The monoisotopic (exact) mass is 1030 g/mol.